The number of hydrogen-bond donors (Lipinski definition) is 0. The van der Waals surface area contributed by atoms with E-state index in [1.165, 1.54) is 4.90 Å². The minimum absolute atomic E-state index is 0.343. The number of nitrogens with zero attached hydrogens (tertiary/aromatic N) is 1. The van der Waals surface area contributed by atoms with Crippen molar-refractivity contribution >= 4 is 17.4 Å². The van der Waals surface area contributed by atoms with Crippen LogP contribution < -0.4 is 4.90 Å². The molecule has 1 atom stereocenters. The van der Waals surface area contributed by atoms with Crippen LogP contribution in [-0.2, 0) is 9.59 Å². The molecule has 0 aromatic heterocycles. The third-order valence-electron chi connectivity index (χ3n) is 3.09. The molecule has 1 amide bonds. The second-order valence-corrected chi connectivity index (χ2v) is 4.19. The van der Waals surface area contributed by atoms with Gasteiger partial charge in [-0.05, 0) is 17.7 Å². The molecule has 0 radical (unpaired) electrons. The molecule has 2 aromatic carbocycles. The van der Waals surface area contributed by atoms with Crippen molar-refractivity contribution in [3.05, 3.63) is 66.2 Å². The van der Waals surface area contributed by atoms with E-state index >= 15 is 0 Å². The van der Waals surface area contributed by atoms with E-state index in [-0.39, 0.29) is 5.78 Å². The highest BCUT2D eigenvalue weighted by Gasteiger charge is 2.47. The van der Waals surface area contributed by atoms with Gasteiger partial charge in [0.05, 0.1) is 0 Å². The summed E-state index contributed by atoms with van der Waals surface area (Å²) in [6.07, 6.45) is 0. The molecule has 1 aliphatic heterocycles. The monoisotopic (exact) mass is 237 g/mol. The molecule has 0 saturated carbocycles. The maximum Gasteiger partial charge on any atom is 0.297 e. The molecule has 1 saturated heterocycles. The van der Waals surface area contributed by atoms with Gasteiger partial charge in [-0.2, -0.15) is 0 Å². The second kappa shape index (κ2) is 4.11. The number of carbonyl (C=O) groups excluding carboxylic acids is 2. The first kappa shape index (κ1) is 10.7. The molecule has 88 valence electrons. The van der Waals surface area contributed by atoms with Crippen LogP contribution in [0.5, 0.6) is 0 Å². The molecule has 0 bridgehead atoms. The lowest BCUT2D eigenvalue weighted by Crippen LogP contribution is -2.56. The lowest BCUT2D eigenvalue weighted by atomic mass is 9.91. The van der Waals surface area contributed by atoms with E-state index in [1.807, 2.05) is 60.7 Å². The zero-order chi connectivity index (χ0) is 12.5. The summed E-state index contributed by atoms with van der Waals surface area (Å²) in [5.74, 6) is -0.778. The molecule has 0 N–H and O–H groups in total. The summed E-state index contributed by atoms with van der Waals surface area (Å²) in [5, 5.41) is 0. The maximum atomic E-state index is 11.8. The van der Waals surface area contributed by atoms with Gasteiger partial charge in [-0.1, -0.05) is 48.5 Å². The largest absolute Gasteiger partial charge is 0.297 e. The Morgan fingerprint density at radius 1 is 0.778 bits per heavy atom. The van der Waals surface area contributed by atoms with Crippen molar-refractivity contribution < 1.29 is 9.59 Å². The van der Waals surface area contributed by atoms with Crippen molar-refractivity contribution in [1.29, 1.82) is 0 Å². The Labute approximate surface area is 105 Å². The van der Waals surface area contributed by atoms with E-state index in [1.54, 1.807) is 0 Å². The highest BCUT2D eigenvalue weighted by Crippen LogP contribution is 2.35. The summed E-state index contributed by atoms with van der Waals surface area (Å²) in [6.45, 7) is 0. The van der Waals surface area contributed by atoms with Crippen LogP contribution in [0.4, 0.5) is 5.69 Å². The molecule has 1 fully saturated rings. The lowest BCUT2D eigenvalue weighted by Gasteiger charge is -2.38. The Kier molecular flexibility index (Phi) is 2.45. The van der Waals surface area contributed by atoms with Crippen molar-refractivity contribution in [3.63, 3.8) is 0 Å². The summed E-state index contributed by atoms with van der Waals surface area (Å²) in [6, 6.07) is 18.1. The third kappa shape index (κ3) is 1.52. The maximum absolute atomic E-state index is 11.8. The second-order valence-electron chi connectivity index (χ2n) is 4.19. The fourth-order valence-corrected chi connectivity index (χ4v) is 2.19. The van der Waals surface area contributed by atoms with Crippen LogP contribution in [-0.4, -0.2) is 11.7 Å². The summed E-state index contributed by atoms with van der Waals surface area (Å²) < 4.78 is 0. The topological polar surface area (TPSA) is 37.4 Å². The summed E-state index contributed by atoms with van der Waals surface area (Å²) in [4.78, 5) is 25.0. The van der Waals surface area contributed by atoms with E-state index < -0.39 is 11.9 Å². The first-order valence-corrected chi connectivity index (χ1v) is 5.76. The smallest absolute Gasteiger partial charge is 0.291 e. The quantitative estimate of drug-likeness (QED) is 0.594. The van der Waals surface area contributed by atoms with Gasteiger partial charge in [0, 0.05) is 5.69 Å². The number of β-lactam (4-membered cyclic amide) rings is 1. The van der Waals surface area contributed by atoms with Crippen molar-refractivity contribution in [2.24, 2.45) is 0 Å². The first-order valence-electron chi connectivity index (χ1n) is 5.76. The molecule has 0 aliphatic carbocycles. The Morgan fingerprint density at radius 2 is 1.33 bits per heavy atom. The van der Waals surface area contributed by atoms with Crippen molar-refractivity contribution in [2.75, 3.05) is 4.90 Å². The average molecular weight is 237 g/mol. The number of benzene rings is 2. The fraction of sp³-hybridized carbons (Fsp3) is 0.0667. The molecule has 3 rings (SSSR count). The molecule has 0 spiro atoms. The SMILES string of the molecule is O=C1C(=O)N(c2ccccc2)C1c1ccccc1. The standard InChI is InChI=1S/C15H11NO2/c17-14-13(11-7-3-1-4-8-11)16(15(14)18)12-9-5-2-6-10-12/h1-10,13H. The minimum Gasteiger partial charge on any atom is -0.291 e. The highest BCUT2D eigenvalue weighted by atomic mass is 16.2. The molecule has 1 heterocycles. The number of ketones is 1. The van der Waals surface area contributed by atoms with E-state index in [9.17, 15) is 9.59 Å². The van der Waals surface area contributed by atoms with Crippen LogP contribution in [0.1, 0.15) is 11.6 Å². The predicted molar refractivity (Wildman–Crippen MR) is 68.1 cm³/mol. The number of amides is 1. The zero-order valence-corrected chi connectivity index (χ0v) is 9.61. The van der Waals surface area contributed by atoms with E-state index in [0.717, 1.165) is 11.3 Å². The zero-order valence-electron chi connectivity index (χ0n) is 9.61. The Hall–Kier alpha value is -2.42. The van der Waals surface area contributed by atoms with Gasteiger partial charge in [-0.25, -0.2) is 0 Å². The Morgan fingerprint density at radius 3 is 1.94 bits per heavy atom. The first-order chi connectivity index (χ1) is 8.79. The van der Waals surface area contributed by atoms with Crippen LogP contribution in [0.3, 0.4) is 0 Å². The van der Waals surface area contributed by atoms with Gasteiger partial charge in [0.25, 0.3) is 5.91 Å². The molecular weight excluding hydrogens is 226 g/mol. The van der Waals surface area contributed by atoms with Gasteiger partial charge in [-0.15, -0.1) is 0 Å². The molecule has 2 aromatic rings. The predicted octanol–water partition coefficient (Wildman–Crippen LogP) is 2.34. The van der Waals surface area contributed by atoms with Crippen LogP contribution in [0.15, 0.2) is 60.7 Å². The molecule has 1 aliphatic rings. The van der Waals surface area contributed by atoms with E-state index in [0.29, 0.717) is 0 Å². The van der Waals surface area contributed by atoms with Crippen LogP contribution >= 0.6 is 0 Å². The van der Waals surface area contributed by atoms with Gasteiger partial charge in [0.15, 0.2) is 0 Å². The van der Waals surface area contributed by atoms with Crippen molar-refractivity contribution in [1.82, 2.24) is 0 Å². The van der Waals surface area contributed by atoms with Crippen molar-refractivity contribution in [2.45, 2.75) is 6.04 Å². The summed E-state index contributed by atoms with van der Waals surface area (Å²) in [5.41, 5.74) is 1.61. The summed E-state index contributed by atoms with van der Waals surface area (Å²) >= 11 is 0. The Bertz CT molecular complexity index is 537. The van der Waals surface area contributed by atoms with E-state index in [2.05, 4.69) is 0 Å². The number of rotatable bonds is 2. The minimum atomic E-state index is -0.471. The highest BCUT2D eigenvalue weighted by molar-refractivity contribution is 6.51. The third-order valence-corrected chi connectivity index (χ3v) is 3.09. The number of para-hydroxylation sites is 1. The molecule has 3 heteroatoms. The van der Waals surface area contributed by atoms with Crippen LogP contribution in [0.25, 0.3) is 0 Å². The van der Waals surface area contributed by atoms with Gasteiger partial charge in [0.2, 0.25) is 5.78 Å². The number of hydrogen-bond acceptors (Lipinski definition) is 2. The number of anilines is 1. The molecule has 18 heavy (non-hydrogen) atoms. The molecule has 1 unspecified atom stereocenters. The summed E-state index contributed by atoms with van der Waals surface area (Å²) in [7, 11) is 0. The molecule has 3 nitrogen and oxygen atoms in total. The average Bonchev–Trinajstić information content (AvgIpc) is 2.45. The number of carbonyl (C=O) groups is 2. The normalized spacial score (nSPS) is 18.7. The fourth-order valence-electron chi connectivity index (χ4n) is 2.19. The van der Waals surface area contributed by atoms with Gasteiger partial charge >= 0.3 is 0 Å². The molecular formula is C15H11NO2. The van der Waals surface area contributed by atoms with Crippen LogP contribution in [0, 0.1) is 0 Å². The van der Waals surface area contributed by atoms with Gasteiger partial charge in [0.1, 0.15) is 6.04 Å². The number of Topliss-reactive ketones (excluding diaryl/α,β-unsaturated/α-hetero) is 1. The Balaban J connectivity index is 2.00. The van der Waals surface area contributed by atoms with Crippen molar-refractivity contribution in [3.8, 4) is 0 Å². The van der Waals surface area contributed by atoms with Gasteiger partial charge < -0.3 is 0 Å². The van der Waals surface area contributed by atoms with E-state index in [4.69, 9.17) is 0 Å². The van der Waals surface area contributed by atoms with Crippen LogP contribution in [0.2, 0.25) is 0 Å². The van der Waals surface area contributed by atoms with Gasteiger partial charge in [-0.3, -0.25) is 14.5 Å². The lowest BCUT2D eigenvalue weighted by molar-refractivity contribution is -0.143.